The molecule has 3 heteroatoms. The number of piperazine rings is 1. The van der Waals surface area contributed by atoms with Crippen LogP contribution in [0.1, 0.15) is 18.1 Å². The number of aryl methyl sites for hydroxylation is 1. The van der Waals surface area contributed by atoms with Crippen molar-refractivity contribution >= 4 is 5.69 Å². The minimum absolute atomic E-state index is 0.679. The van der Waals surface area contributed by atoms with Crippen LogP contribution >= 0.6 is 0 Å². The summed E-state index contributed by atoms with van der Waals surface area (Å²) in [5.74, 6) is 0.679. The van der Waals surface area contributed by atoms with Crippen LogP contribution in [0, 0.1) is 19.8 Å². The second-order valence-electron chi connectivity index (χ2n) is 5.78. The summed E-state index contributed by atoms with van der Waals surface area (Å²) in [5, 5.41) is 7.00. The van der Waals surface area contributed by atoms with Crippen LogP contribution < -0.4 is 10.6 Å². The summed E-state index contributed by atoms with van der Waals surface area (Å²) in [7, 11) is 0. The lowest BCUT2D eigenvalue weighted by molar-refractivity contribution is 0.215. The Hall–Kier alpha value is -1.06. The molecule has 2 N–H and O–H groups in total. The molecule has 0 bridgehead atoms. The molecule has 1 aromatic rings. The molecule has 1 aliphatic heterocycles. The van der Waals surface area contributed by atoms with Gasteiger partial charge >= 0.3 is 0 Å². The predicted octanol–water partition coefficient (Wildman–Crippen LogP) is 2.26. The Labute approximate surface area is 117 Å². The van der Waals surface area contributed by atoms with Crippen LogP contribution in [-0.2, 0) is 0 Å². The molecule has 106 valence electrons. The summed E-state index contributed by atoms with van der Waals surface area (Å²) in [6.45, 7) is 13.6. The lowest BCUT2D eigenvalue weighted by Crippen LogP contribution is -2.45. The van der Waals surface area contributed by atoms with E-state index in [1.807, 2.05) is 0 Å². The summed E-state index contributed by atoms with van der Waals surface area (Å²) in [5.41, 5.74) is 4.02. The first kappa shape index (κ1) is 14.4. The Balaban J connectivity index is 1.79. The van der Waals surface area contributed by atoms with Crippen molar-refractivity contribution in [2.45, 2.75) is 20.8 Å². The average Bonchev–Trinajstić information content (AvgIpc) is 2.42. The maximum atomic E-state index is 3.60. The molecule has 0 aromatic heterocycles. The van der Waals surface area contributed by atoms with Gasteiger partial charge in [0.25, 0.3) is 0 Å². The van der Waals surface area contributed by atoms with Crippen molar-refractivity contribution < 1.29 is 0 Å². The minimum atomic E-state index is 0.679. The summed E-state index contributed by atoms with van der Waals surface area (Å²) in [6, 6.07) is 6.48. The number of benzene rings is 1. The van der Waals surface area contributed by atoms with Gasteiger partial charge in [0.15, 0.2) is 0 Å². The molecule has 3 nitrogen and oxygen atoms in total. The zero-order chi connectivity index (χ0) is 13.7. The molecule has 0 spiro atoms. The zero-order valence-corrected chi connectivity index (χ0v) is 12.5. The summed E-state index contributed by atoms with van der Waals surface area (Å²) in [4.78, 5) is 2.56. The van der Waals surface area contributed by atoms with Crippen molar-refractivity contribution in [3.8, 4) is 0 Å². The molecule has 1 unspecified atom stereocenters. The van der Waals surface area contributed by atoms with Gasteiger partial charge in [0.05, 0.1) is 0 Å². The van der Waals surface area contributed by atoms with Crippen LogP contribution in [-0.4, -0.2) is 44.2 Å². The third kappa shape index (κ3) is 4.22. The zero-order valence-electron chi connectivity index (χ0n) is 12.5. The Morgan fingerprint density at radius 3 is 2.74 bits per heavy atom. The highest BCUT2D eigenvalue weighted by atomic mass is 15.2. The van der Waals surface area contributed by atoms with Crippen molar-refractivity contribution in [1.82, 2.24) is 10.2 Å². The topological polar surface area (TPSA) is 27.3 Å². The molecule has 0 saturated carbocycles. The Morgan fingerprint density at radius 1 is 1.26 bits per heavy atom. The van der Waals surface area contributed by atoms with Gasteiger partial charge in [-0.3, -0.25) is 0 Å². The number of hydrogen-bond acceptors (Lipinski definition) is 3. The molecule has 1 aromatic carbocycles. The van der Waals surface area contributed by atoms with Gasteiger partial charge in [-0.15, -0.1) is 0 Å². The maximum absolute atomic E-state index is 3.60. The molecule has 0 radical (unpaired) electrons. The van der Waals surface area contributed by atoms with Gasteiger partial charge in [-0.25, -0.2) is 0 Å². The van der Waals surface area contributed by atoms with E-state index in [2.05, 4.69) is 54.5 Å². The highest BCUT2D eigenvalue weighted by molar-refractivity contribution is 5.53. The molecule has 0 amide bonds. The molecule has 1 aliphatic rings. The average molecular weight is 261 g/mol. The largest absolute Gasteiger partial charge is 0.385 e. The van der Waals surface area contributed by atoms with Crippen LogP contribution in [0.25, 0.3) is 0 Å². The van der Waals surface area contributed by atoms with E-state index < -0.39 is 0 Å². The van der Waals surface area contributed by atoms with E-state index in [4.69, 9.17) is 0 Å². The van der Waals surface area contributed by atoms with Crippen LogP contribution in [0.3, 0.4) is 0 Å². The lowest BCUT2D eigenvalue weighted by Gasteiger charge is -2.30. The third-order valence-electron chi connectivity index (χ3n) is 4.03. The van der Waals surface area contributed by atoms with E-state index in [1.54, 1.807) is 0 Å². The first-order valence-corrected chi connectivity index (χ1v) is 7.40. The second kappa shape index (κ2) is 6.92. The van der Waals surface area contributed by atoms with Crippen LogP contribution in [0.2, 0.25) is 0 Å². The van der Waals surface area contributed by atoms with Gasteiger partial charge < -0.3 is 15.5 Å². The van der Waals surface area contributed by atoms with Gasteiger partial charge in [0.2, 0.25) is 0 Å². The van der Waals surface area contributed by atoms with Crippen molar-refractivity contribution in [3.05, 3.63) is 29.3 Å². The quantitative estimate of drug-likeness (QED) is 0.851. The Morgan fingerprint density at radius 2 is 2.00 bits per heavy atom. The summed E-state index contributed by atoms with van der Waals surface area (Å²) >= 11 is 0. The fourth-order valence-corrected chi connectivity index (χ4v) is 2.63. The SMILES string of the molecule is Cc1cccc(NCC(C)CN2CCNCC2)c1C. The monoisotopic (exact) mass is 261 g/mol. The molecule has 1 atom stereocenters. The number of rotatable bonds is 5. The fourth-order valence-electron chi connectivity index (χ4n) is 2.63. The fraction of sp³-hybridized carbons (Fsp3) is 0.625. The van der Waals surface area contributed by atoms with Crippen LogP contribution in [0.15, 0.2) is 18.2 Å². The summed E-state index contributed by atoms with van der Waals surface area (Å²) in [6.07, 6.45) is 0. The molecular weight excluding hydrogens is 234 g/mol. The number of nitrogens with zero attached hydrogens (tertiary/aromatic N) is 1. The molecule has 0 aliphatic carbocycles. The third-order valence-corrected chi connectivity index (χ3v) is 4.03. The Kier molecular flexibility index (Phi) is 5.23. The van der Waals surface area contributed by atoms with Crippen molar-refractivity contribution in [3.63, 3.8) is 0 Å². The van der Waals surface area contributed by atoms with E-state index in [-0.39, 0.29) is 0 Å². The van der Waals surface area contributed by atoms with Crippen molar-refractivity contribution in [1.29, 1.82) is 0 Å². The van der Waals surface area contributed by atoms with Gasteiger partial charge in [0.1, 0.15) is 0 Å². The van der Waals surface area contributed by atoms with E-state index in [0.717, 1.165) is 19.6 Å². The van der Waals surface area contributed by atoms with E-state index >= 15 is 0 Å². The predicted molar refractivity (Wildman–Crippen MR) is 82.9 cm³/mol. The molecule has 1 heterocycles. The molecule has 1 fully saturated rings. The molecule has 19 heavy (non-hydrogen) atoms. The number of nitrogens with one attached hydrogen (secondary N) is 2. The van der Waals surface area contributed by atoms with Gasteiger partial charge in [-0.1, -0.05) is 19.1 Å². The smallest absolute Gasteiger partial charge is 0.0372 e. The lowest BCUT2D eigenvalue weighted by atomic mass is 10.1. The van der Waals surface area contributed by atoms with E-state index in [9.17, 15) is 0 Å². The van der Waals surface area contributed by atoms with Gasteiger partial charge in [0, 0.05) is 45.0 Å². The first-order chi connectivity index (χ1) is 9.16. The van der Waals surface area contributed by atoms with Gasteiger partial charge in [-0.2, -0.15) is 0 Å². The van der Waals surface area contributed by atoms with E-state index in [0.29, 0.717) is 5.92 Å². The molecular formula is C16H27N3. The van der Waals surface area contributed by atoms with Crippen molar-refractivity contribution in [2.75, 3.05) is 44.6 Å². The number of anilines is 1. The summed E-state index contributed by atoms with van der Waals surface area (Å²) < 4.78 is 0. The van der Waals surface area contributed by atoms with Crippen LogP contribution in [0.5, 0.6) is 0 Å². The number of hydrogen-bond donors (Lipinski definition) is 2. The van der Waals surface area contributed by atoms with Crippen molar-refractivity contribution in [2.24, 2.45) is 5.92 Å². The first-order valence-electron chi connectivity index (χ1n) is 7.40. The van der Waals surface area contributed by atoms with E-state index in [1.165, 1.54) is 36.4 Å². The highest BCUT2D eigenvalue weighted by Gasteiger charge is 2.13. The normalized spacial score (nSPS) is 18.3. The maximum Gasteiger partial charge on any atom is 0.0372 e. The molecule has 1 saturated heterocycles. The standard InChI is InChI=1S/C16H27N3/c1-13(12-19-9-7-17-8-10-19)11-18-16-6-4-5-14(2)15(16)3/h4-6,13,17-18H,7-12H2,1-3H3. The minimum Gasteiger partial charge on any atom is -0.385 e. The van der Waals surface area contributed by atoms with Crippen LogP contribution in [0.4, 0.5) is 5.69 Å². The Bertz CT molecular complexity index is 397. The van der Waals surface area contributed by atoms with Gasteiger partial charge in [-0.05, 0) is 37.0 Å². The second-order valence-corrected chi connectivity index (χ2v) is 5.78. The highest BCUT2D eigenvalue weighted by Crippen LogP contribution is 2.18. The molecule has 2 rings (SSSR count).